The molecule has 2 saturated heterocycles. The first-order valence-corrected chi connectivity index (χ1v) is 15.3. The number of morpholine rings is 1. The molecule has 2 fully saturated rings. The van der Waals surface area contributed by atoms with E-state index >= 15 is 0 Å². The molecule has 1 aromatic heterocycles. The van der Waals surface area contributed by atoms with E-state index in [0.29, 0.717) is 37.2 Å². The molecule has 228 valence electrons. The summed E-state index contributed by atoms with van der Waals surface area (Å²) in [6.07, 6.45) is 2.13. The molecule has 1 unspecified atom stereocenters. The minimum atomic E-state index is -0.223. The molecule has 0 spiro atoms. The summed E-state index contributed by atoms with van der Waals surface area (Å²) >= 11 is 0. The average molecular weight is 587 g/mol. The predicted octanol–water partition coefficient (Wildman–Crippen LogP) is 3.51. The van der Waals surface area contributed by atoms with Crippen molar-refractivity contribution in [3.63, 3.8) is 0 Å². The highest BCUT2D eigenvalue weighted by atomic mass is 16.7. The van der Waals surface area contributed by atoms with Gasteiger partial charge in [0.2, 0.25) is 5.75 Å². The smallest absolute Gasteiger partial charge is 0.319 e. The second-order valence-corrected chi connectivity index (χ2v) is 11.7. The first-order valence-electron chi connectivity index (χ1n) is 15.3. The molecule has 0 radical (unpaired) electrons. The fourth-order valence-electron chi connectivity index (χ4n) is 5.94. The number of likely N-dealkylation sites (tertiary alicyclic amines) is 1. The maximum absolute atomic E-state index is 12.3. The molecule has 0 bridgehead atoms. The highest BCUT2D eigenvalue weighted by Crippen LogP contribution is 2.44. The standard InChI is InChI=1S/C32H42N8O3/c1-38(2)17-14-33-32(41)34-26-10-8-25(9-11-26)30-35-28-27(37-43-29(28)31(36-30)40-18-20-42-21-19-40)24-12-15-39(16-13-24)22-23-6-4-3-5-7-23/h3-11,24,27,37H,12-22H2,1-2H3,(H2,33,34,41). The molecule has 3 aliphatic rings. The Hall–Kier alpha value is -3.77. The van der Waals surface area contributed by atoms with Crippen LogP contribution in [0.25, 0.3) is 11.4 Å². The van der Waals surface area contributed by atoms with Gasteiger partial charge in [0.25, 0.3) is 0 Å². The van der Waals surface area contributed by atoms with E-state index in [1.54, 1.807) is 0 Å². The third kappa shape index (κ3) is 7.24. The van der Waals surface area contributed by atoms with Crippen molar-refractivity contribution in [1.82, 2.24) is 30.6 Å². The minimum Gasteiger partial charge on any atom is -0.402 e. The van der Waals surface area contributed by atoms with E-state index in [9.17, 15) is 4.79 Å². The van der Waals surface area contributed by atoms with E-state index in [-0.39, 0.29) is 12.1 Å². The Morgan fingerprint density at radius 1 is 1.00 bits per heavy atom. The zero-order valence-corrected chi connectivity index (χ0v) is 25.1. The summed E-state index contributed by atoms with van der Waals surface area (Å²) < 4.78 is 5.62. The van der Waals surface area contributed by atoms with Gasteiger partial charge in [-0.25, -0.2) is 14.8 Å². The van der Waals surface area contributed by atoms with Crippen LogP contribution in [0.3, 0.4) is 0 Å². The summed E-state index contributed by atoms with van der Waals surface area (Å²) in [5.74, 6) is 2.60. The van der Waals surface area contributed by atoms with E-state index in [0.717, 1.165) is 74.9 Å². The predicted molar refractivity (Wildman–Crippen MR) is 167 cm³/mol. The van der Waals surface area contributed by atoms with Crippen molar-refractivity contribution in [3.8, 4) is 17.1 Å². The average Bonchev–Trinajstić information content (AvgIpc) is 3.46. The van der Waals surface area contributed by atoms with Crippen LogP contribution in [0.1, 0.15) is 30.1 Å². The number of hydrogen-bond donors (Lipinski definition) is 3. The van der Waals surface area contributed by atoms with Gasteiger partial charge in [0.05, 0.1) is 19.3 Å². The van der Waals surface area contributed by atoms with Crippen LogP contribution in [0.5, 0.6) is 5.75 Å². The van der Waals surface area contributed by atoms with Gasteiger partial charge in [0, 0.05) is 44.0 Å². The molecular weight excluding hydrogens is 544 g/mol. The maximum Gasteiger partial charge on any atom is 0.319 e. The van der Waals surface area contributed by atoms with Gasteiger partial charge in [-0.15, -0.1) is 5.48 Å². The van der Waals surface area contributed by atoms with Crippen molar-refractivity contribution < 1.29 is 14.4 Å². The molecule has 2 amide bonds. The number of rotatable bonds is 9. The summed E-state index contributed by atoms with van der Waals surface area (Å²) in [6.45, 7) is 7.23. The Balaban J connectivity index is 1.19. The van der Waals surface area contributed by atoms with Crippen LogP contribution in [0.4, 0.5) is 16.3 Å². The van der Waals surface area contributed by atoms with Crippen LogP contribution < -0.4 is 25.9 Å². The lowest BCUT2D eigenvalue weighted by Crippen LogP contribution is -2.37. The number of amides is 2. The molecule has 6 rings (SSSR count). The van der Waals surface area contributed by atoms with E-state index in [4.69, 9.17) is 19.5 Å². The number of carbonyl (C=O) groups is 1. The number of nitrogens with one attached hydrogen (secondary N) is 3. The van der Waals surface area contributed by atoms with Crippen molar-refractivity contribution in [2.75, 3.05) is 76.8 Å². The number of urea groups is 1. The minimum absolute atomic E-state index is 0.00205. The van der Waals surface area contributed by atoms with Gasteiger partial charge >= 0.3 is 6.03 Å². The molecule has 0 aliphatic carbocycles. The summed E-state index contributed by atoms with van der Waals surface area (Å²) in [5.41, 5.74) is 7.21. The monoisotopic (exact) mass is 586 g/mol. The molecular formula is C32H42N8O3. The molecule has 3 aliphatic heterocycles. The van der Waals surface area contributed by atoms with Gasteiger partial charge < -0.3 is 30.0 Å². The van der Waals surface area contributed by atoms with Crippen LogP contribution in [0.2, 0.25) is 0 Å². The van der Waals surface area contributed by atoms with Crippen LogP contribution in [0.15, 0.2) is 54.6 Å². The Bertz CT molecular complexity index is 1360. The molecule has 2 aromatic carbocycles. The topological polar surface area (TPSA) is 107 Å². The first kappa shape index (κ1) is 29.3. The lowest BCUT2D eigenvalue weighted by atomic mass is 9.87. The second-order valence-electron chi connectivity index (χ2n) is 11.7. The van der Waals surface area contributed by atoms with Crippen molar-refractivity contribution in [2.24, 2.45) is 5.92 Å². The number of ether oxygens (including phenoxy) is 1. The fraction of sp³-hybridized carbons (Fsp3) is 0.469. The molecule has 1 atom stereocenters. The van der Waals surface area contributed by atoms with Crippen molar-refractivity contribution in [3.05, 3.63) is 65.9 Å². The van der Waals surface area contributed by atoms with Crippen molar-refractivity contribution in [1.29, 1.82) is 0 Å². The highest BCUT2D eigenvalue weighted by molar-refractivity contribution is 5.89. The van der Waals surface area contributed by atoms with Gasteiger partial charge in [-0.1, -0.05) is 30.3 Å². The molecule has 11 heteroatoms. The van der Waals surface area contributed by atoms with E-state index in [1.807, 2.05) is 43.3 Å². The van der Waals surface area contributed by atoms with Crippen LogP contribution in [-0.4, -0.2) is 92.4 Å². The number of nitrogens with zero attached hydrogens (tertiary/aromatic N) is 5. The van der Waals surface area contributed by atoms with Crippen LogP contribution in [0, 0.1) is 5.92 Å². The molecule has 0 saturated carbocycles. The number of piperidine rings is 1. The number of hydroxylamine groups is 1. The Labute approximate surface area is 253 Å². The zero-order chi connectivity index (χ0) is 29.6. The molecule has 3 N–H and O–H groups in total. The lowest BCUT2D eigenvalue weighted by molar-refractivity contribution is 0.107. The van der Waals surface area contributed by atoms with Gasteiger partial charge in [0.1, 0.15) is 5.69 Å². The number of aromatic nitrogens is 2. The summed E-state index contributed by atoms with van der Waals surface area (Å²) in [4.78, 5) is 35.3. The number of hydrogen-bond acceptors (Lipinski definition) is 9. The highest BCUT2D eigenvalue weighted by Gasteiger charge is 2.38. The number of likely N-dealkylation sites (N-methyl/N-ethyl adjacent to an activating group) is 1. The van der Waals surface area contributed by atoms with Crippen LogP contribution in [-0.2, 0) is 11.3 Å². The number of anilines is 2. The Morgan fingerprint density at radius 2 is 1.74 bits per heavy atom. The van der Waals surface area contributed by atoms with Gasteiger partial charge in [-0.3, -0.25) is 4.90 Å². The van der Waals surface area contributed by atoms with Crippen molar-refractivity contribution >= 4 is 17.5 Å². The number of benzene rings is 2. The molecule has 11 nitrogen and oxygen atoms in total. The zero-order valence-electron chi connectivity index (χ0n) is 25.1. The summed E-state index contributed by atoms with van der Waals surface area (Å²) in [7, 11) is 3.95. The quantitative estimate of drug-likeness (QED) is 0.347. The third-order valence-electron chi connectivity index (χ3n) is 8.37. The van der Waals surface area contributed by atoms with E-state index in [2.05, 4.69) is 56.2 Å². The molecule has 4 heterocycles. The fourth-order valence-corrected chi connectivity index (χ4v) is 5.94. The van der Waals surface area contributed by atoms with Crippen molar-refractivity contribution in [2.45, 2.75) is 25.4 Å². The SMILES string of the molecule is CN(C)CCNC(=O)Nc1ccc(-c2nc3c(c(N4CCOCC4)n2)ONC3C2CCN(Cc3ccccc3)CC2)cc1. The van der Waals surface area contributed by atoms with Gasteiger partial charge in [-0.2, -0.15) is 0 Å². The summed E-state index contributed by atoms with van der Waals surface area (Å²) in [5, 5.41) is 5.78. The second kappa shape index (κ2) is 13.7. The van der Waals surface area contributed by atoms with Crippen LogP contribution >= 0.6 is 0 Å². The number of carbonyl (C=O) groups excluding carboxylic acids is 1. The van der Waals surface area contributed by atoms with E-state index < -0.39 is 0 Å². The Morgan fingerprint density at radius 3 is 2.47 bits per heavy atom. The largest absolute Gasteiger partial charge is 0.402 e. The number of fused-ring (bicyclic) bond motifs is 1. The van der Waals surface area contributed by atoms with Gasteiger partial charge in [-0.05, 0) is 75.8 Å². The summed E-state index contributed by atoms with van der Waals surface area (Å²) in [6, 6.07) is 18.2. The molecule has 43 heavy (non-hydrogen) atoms. The molecule has 3 aromatic rings. The normalized spacial score (nSPS) is 19.2. The third-order valence-corrected chi connectivity index (χ3v) is 8.37. The van der Waals surface area contributed by atoms with E-state index in [1.165, 1.54) is 5.56 Å². The first-order chi connectivity index (χ1) is 21.0. The lowest BCUT2D eigenvalue weighted by Gasteiger charge is -2.34. The Kier molecular flexibility index (Phi) is 9.33. The van der Waals surface area contributed by atoms with Gasteiger partial charge in [0.15, 0.2) is 11.6 Å². The maximum atomic E-state index is 12.3.